The van der Waals surface area contributed by atoms with Gasteiger partial charge in [-0.15, -0.1) is 12.4 Å². The number of hydrogen-bond acceptors (Lipinski definition) is 6. The standard InChI is InChI=1S/C25H35NO5.ClH/c1-16-8-13-21-19(7-5-6-17-9-11-18(12-10-17)26(3)4)22(27)28-23-25(21)20(16)14-15-24(2,29-23)30-31-25;/h9-12,16,19-21,23H,5-8,13-15H2,1-4H3;1H/t16-,19+,20?,21+,23-,24-,25-;/m1./s1. The summed E-state index contributed by atoms with van der Waals surface area (Å²) in [6.07, 6.45) is 5.84. The van der Waals surface area contributed by atoms with Gasteiger partial charge in [-0.25, -0.2) is 9.78 Å². The number of aryl methyl sites for hydroxylation is 1. The molecule has 4 heterocycles. The molecule has 2 bridgehead atoms. The number of nitrogens with zero attached hydrogens (tertiary/aromatic N) is 1. The number of fused-ring (bicyclic) bond motifs is 2. The highest BCUT2D eigenvalue weighted by Gasteiger charge is 2.70. The molecule has 6 rings (SSSR count). The third-order valence-corrected chi connectivity index (χ3v) is 8.22. The van der Waals surface area contributed by atoms with Gasteiger partial charge in [0.15, 0.2) is 5.60 Å². The summed E-state index contributed by atoms with van der Waals surface area (Å²) in [5.74, 6) is -0.255. The number of hydrogen-bond donors (Lipinski definition) is 0. The number of halogens is 1. The van der Waals surface area contributed by atoms with Gasteiger partial charge in [0.2, 0.25) is 12.1 Å². The lowest BCUT2D eigenvalue weighted by molar-refractivity contribution is -0.559. The van der Waals surface area contributed by atoms with Crippen molar-refractivity contribution in [2.45, 2.75) is 76.5 Å². The van der Waals surface area contributed by atoms with Crippen molar-refractivity contribution in [3.8, 4) is 0 Å². The van der Waals surface area contributed by atoms with Gasteiger partial charge in [-0.2, -0.15) is 0 Å². The normalized spacial score (nSPS) is 40.0. The Morgan fingerprint density at radius 2 is 1.81 bits per heavy atom. The minimum absolute atomic E-state index is 0. The predicted octanol–water partition coefficient (Wildman–Crippen LogP) is 4.89. The highest BCUT2D eigenvalue weighted by Crippen LogP contribution is 2.60. The van der Waals surface area contributed by atoms with E-state index in [2.05, 4.69) is 36.1 Å². The zero-order valence-corrected chi connectivity index (χ0v) is 20.4. The smallest absolute Gasteiger partial charge is 0.311 e. The van der Waals surface area contributed by atoms with Gasteiger partial charge in [-0.3, -0.25) is 4.79 Å². The Labute approximate surface area is 197 Å². The van der Waals surface area contributed by atoms with Gasteiger partial charge in [0.25, 0.3) is 0 Å². The molecule has 178 valence electrons. The summed E-state index contributed by atoms with van der Waals surface area (Å²) in [4.78, 5) is 27.2. The monoisotopic (exact) mass is 465 g/mol. The van der Waals surface area contributed by atoms with E-state index in [0.717, 1.165) is 44.9 Å². The third kappa shape index (κ3) is 3.83. The first-order chi connectivity index (χ1) is 14.8. The van der Waals surface area contributed by atoms with Crippen LogP contribution in [0.3, 0.4) is 0 Å². The predicted molar refractivity (Wildman–Crippen MR) is 123 cm³/mol. The molecule has 4 aliphatic heterocycles. The Hall–Kier alpha value is -1.34. The van der Waals surface area contributed by atoms with Crippen molar-refractivity contribution in [2.75, 3.05) is 19.0 Å². The van der Waals surface area contributed by atoms with Gasteiger partial charge in [0, 0.05) is 38.0 Å². The number of ether oxygens (including phenoxy) is 2. The van der Waals surface area contributed by atoms with E-state index in [0.29, 0.717) is 5.92 Å². The fourth-order valence-electron chi connectivity index (χ4n) is 6.42. The van der Waals surface area contributed by atoms with Gasteiger partial charge < -0.3 is 14.4 Å². The minimum Gasteiger partial charge on any atom is -0.432 e. The van der Waals surface area contributed by atoms with Crippen LogP contribution in [0.15, 0.2) is 24.3 Å². The zero-order chi connectivity index (χ0) is 21.8. The number of anilines is 1. The number of carbonyl (C=O) groups is 1. The number of esters is 1. The van der Waals surface area contributed by atoms with Gasteiger partial charge in [-0.05, 0) is 69.1 Å². The summed E-state index contributed by atoms with van der Waals surface area (Å²) >= 11 is 0. The lowest BCUT2D eigenvalue weighted by Crippen LogP contribution is -2.70. The van der Waals surface area contributed by atoms with E-state index in [-0.39, 0.29) is 36.1 Å². The van der Waals surface area contributed by atoms with Crippen LogP contribution in [0, 0.1) is 23.7 Å². The highest BCUT2D eigenvalue weighted by atomic mass is 35.5. The third-order valence-electron chi connectivity index (χ3n) is 8.22. The van der Waals surface area contributed by atoms with Crippen LogP contribution in [-0.2, 0) is 30.5 Å². The molecule has 1 saturated carbocycles. The van der Waals surface area contributed by atoms with E-state index >= 15 is 0 Å². The Morgan fingerprint density at radius 3 is 2.53 bits per heavy atom. The van der Waals surface area contributed by atoms with Crippen LogP contribution in [0.1, 0.15) is 57.9 Å². The fraction of sp³-hybridized carbons (Fsp3) is 0.720. The maximum absolute atomic E-state index is 13.1. The Kier molecular flexibility index (Phi) is 6.54. The summed E-state index contributed by atoms with van der Waals surface area (Å²) in [5.41, 5.74) is 1.83. The van der Waals surface area contributed by atoms with Crippen LogP contribution < -0.4 is 4.90 Å². The van der Waals surface area contributed by atoms with Crippen molar-refractivity contribution in [1.29, 1.82) is 0 Å². The average Bonchev–Trinajstić information content (AvgIpc) is 2.97. The molecule has 0 N–H and O–H groups in total. The Balaban J connectivity index is 0.00000245. The zero-order valence-electron chi connectivity index (χ0n) is 19.5. The topological polar surface area (TPSA) is 57.2 Å². The first-order valence-corrected chi connectivity index (χ1v) is 11.8. The second kappa shape index (κ2) is 8.79. The summed E-state index contributed by atoms with van der Waals surface area (Å²) in [6, 6.07) is 8.65. The van der Waals surface area contributed by atoms with Crippen LogP contribution in [0.4, 0.5) is 5.69 Å². The first-order valence-electron chi connectivity index (χ1n) is 11.8. The van der Waals surface area contributed by atoms with Crippen LogP contribution in [0.25, 0.3) is 0 Å². The molecule has 7 atom stereocenters. The van der Waals surface area contributed by atoms with E-state index in [9.17, 15) is 4.79 Å². The van der Waals surface area contributed by atoms with Crippen molar-refractivity contribution >= 4 is 24.1 Å². The lowest BCUT2D eigenvalue weighted by atomic mass is 9.57. The second-order valence-corrected chi connectivity index (χ2v) is 10.4. The lowest BCUT2D eigenvalue weighted by Gasteiger charge is -2.58. The van der Waals surface area contributed by atoms with Crippen molar-refractivity contribution in [1.82, 2.24) is 0 Å². The van der Waals surface area contributed by atoms with Gasteiger partial charge in [0.1, 0.15) is 0 Å². The summed E-state index contributed by atoms with van der Waals surface area (Å²) < 4.78 is 12.1. The molecule has 1 aromatic carbocycles. The molecule has 0 amide bonds. The molecule has 1 aliphatic carbocycles. The van der Waals surface area contributed by atoms with Crippen LogP contribution in [0.2, 0.25) is 0 Å². The molecule has 1 spiro atoms. The van der Waals surface area contributed by atoms with Crippen molar-refractivity contribution < 1.29 is 24.0 Å². The van der Waals surface area contributed by atoms with E-state index in [4.69, 9.17) is 19.2 Å². The van der Waals surface area contributed by atoms with Crippen LogP contribution in [0.5, 0.6) is 0 Å². The minimum atomic E-state index is -0.830. The van der Waals surface area contributed by atoms with E-state index in [1.54, 1.807) is 0 Å². The van der Waals surface area contributed by atoms with Crippen LogP contribution in [-0.4, -0.2) is 37.7 Å². The number of carbonyl (C=O) groups excluding carboxylic acids is 1. The second-order valence-electron chi connectivity index (χ2n) is 10.4. The highest BCUT2D eigenvalue weighted by molar-refractivity contribution is 5.85. The van der Waals surface area contributed by atoms with E-state index in [1.165, 1.54) is 11.3 Å². The quantitative estimate of drug-likeness (QED) is 0.456. The first kappa shape index (κ1) is 23.8. The number of rotatable bonds is 5. The largest absolute Gasteiger partial charge is 0.432 e. The molecule has 7 heteroatoms. The van der Waals surface area contributed by atoms with Crippen LogP contribution >= 0.6 is 12.4 Å². The molecule has 5 aliphatic rings. The Morgan fingerprint density at radius 1 is 1.06 bits per heavy atom. The summed E-state index contributed by atoms with van der Waals surface area (Å²) in [6.45, 7) is 4.18. The van der Waals surface area contributed by atoms with E-state index < -0.39 is 17.7 Å². The van der Waals surface area contributed by atoms with Crippen molar-refractivity contribution in [3.05, 3.63) is 29.8 Å². The van der Waals surface area contributed by atoms with Crippen molar-refractivity contribution in [2.24, 2.45) is 23.7 Å². The number of benzene rings is 1. The van der Waals surface area contributed by atoms with Gasteiger partial charge in [0.05, 0.1) is 5.92 Å². The Bertz CT molecular complexity index is 832. The van der Waals surface area contributed by atoms with Gasteiger partial charge in [-0.1, -0.05) is 19.1 Å². The van der Waals surface area contributed by atoms with Gasteiger partial charge >= 0.3 is 5.97 Å². The molecule has 6 nitrogen and oxygen atoms in total. The molecule has 1 unspecified atom stereocenters. The SMILES string of the molecule is C[C@@H]1CC[C@H]2[C@H](CCCc3ccc(N(C)C)cc3)C(=O)O[C@@H]3O[C@@]4(C)CCC1[C@]32OO4.Cl. The fourth-order valence-corrected chi connectivity index (χ4v) is 6.42. The molecule has 0 aromatic heterocycles. The average molecular weight is 466 g/mol. The molecule has 0 radical (unpaired) electrons. The molecule has 4 saturated heterocycles. The summed E-state index contributed by atoms with van der Waals surface area (Å²) in [5, 5.41) is 0. The van der Waals surface area contributed by atoms with E-state index in [1.807, 2.05) is 21.0 Å². The van der Waals surface area contributed by atoms with Crippen molar-refractivity contribution in [3.63, 3.8) is 0 Å². The molecular weight excluding hydrogens is 430 g/mol. The summed E-state index contributed by atoms with van der Waals surface area (Å²) in [7, 11) is 4.09. The molecule has 5 fully saturated rings. The molecule has 32 heavy (non-hydrogen) atoms. The maximum Gasteiger partial charge on any atom is 0.311 e. The molecular formula is C25H36ClNO5. The maximum atomic E-state index is 13.1. The molecule has 1 aromatic rings.